The molecule has 2 bridgehead atoms. The lowest BCUT2D eigenvalue weighted by atomic mass is 10.0. The quantitative estimate of drug-likeness (QED) is 0.758. The Balaban J connectivity index is 1.30. The summed E-state index contributed by atoms with van der Waals surface area (Å²) in [6.45, 7) is 4.19. The molecule has 3 atom stereocenters. The minimum Gasteiger partial charge on any atom is -0.371 e. The van der Waals surface area contributed by atoms with E-state index in [1.807, 2.05) is 29.2 Å². The van der Waals surface area contributed by atoms with E-state index < -0.39 is 0 Å². The van der Waals surface area contributed by atoms with Crippen molar-refractivity contribution < 1.29 is 9.53 Å². The van der Waals surface area contributed by atoms with Crippen molar-refractivity contribution in [2.75, 3.05) is 31.2 Å². The standard InChI is InChI=1S/C23H26N4O2/c1-17(19-5-3-2-4-6-19)15-29-16-23(28)26-13-20-8-9-21(14-26)27(20)22-10-7-18(11-24)12-25-22/h2-7,10,12,17,20-21H,8-9,13-16H2,1H3/t17-,20?,21?/m0/s1. The van der Waals surface area contributed by atoms with Crippen LogP contribution in [0, 0.1) is 11.3 Å². The van der Waals surface area contributed by atoms with Gasteiger partial charge in [-0.2, -0.15) is 5.26 Å². The Bertz CT molecular complexity index is 864. The topological polar surface area (TPSA) is 69.5 Å². The number of hydrogen-bond acceptors (Lipinski definition) is 5. The minimum absolute atomic E-state index is 0.0644. The molecule has 0 spiro atoms. The molecule has 4 rings (SSSR count). The summed E-state index contributed by atoms with van der Waals surface area (Å²) in [4.78, 5) is 21.4. The van der Waals surface area contributed by atoms with E-state index in [2.05, 4.69) is 35.0 Å². The van der Waals surface area contributed by atoms with Gasteiger partial charge in [-0.25, -0.2) is 4.98 Å². The van der Waals surface area contributed by atoms with Gasteiger partial charge in [0.1, 0.15) is 18.5 Å². The summed E-state index contributed by atoms with van der Waals surface area (Å²) >= 11 is 0. The first kappa shape index (κ1) is 19.4. The van der Waals surface area contributed by atoms with Crippen molar-refractivity contribution in [3.63, 3.8) is 0 Å². The summed E-state index contributed by atoms with van der Waals surface area (Å²) in [5, 5.41) is 8.96. The fourth-order valence-corrected chi connectivity index (χ4v) is 4.38. The maximum Gasteiger partial charge on any atom is 0.248 e. The van der Waals surface area contributed by atoms with Gasteiger partial charge in [-0.05, 0) is 30.5 Å². The van der Waals surface area contributed by atoms with Crippen molar-refractivity contribution in [2.24, 2.45) is 0 Å². The summed E-state index contributed by atoms with van der Waals surface area (Å²) in [5.74, 6) is 1.23. The molecular formula is C23H26N4O2. The predicted octanol–water partition coefficient (Wildman–Crippen LogP) is 2.95. The molecule has 0 radical (unpaired) electrons. The van der Waals surface area contributed by atoms with Gasteiger partial charge < -0.3 is 14.5 Å². The molecule has 2 aliphatic heterocycles. The number of carbonyl (C=O) groups is 1. The molecule has 2 fully saturated rings. The molecule has 150 valence electrons. The number of benzene rings is 1. The highest BCUT2D eigenvalue weighted by Crippen LogP contribution is 2.33. The van der Waals surface area contributed by atoms with E-state index in [0.29, 0.717) is 25.3 Å². The summed E-state index contributed by atoms with van der Waals surface area (Å²) in [6, 6.07) is 16.6. The lowest BCUT2D eigenvalue weighted by Crippen LogP contribution is -2.56. The van der Waals surface area contributed by atoms with Crippen molar-refractivity contribution in [1.82, 2.24) is 9.88 Å². The molecule has 29 heavy (non-hydrogen) atoms. The molecule has 3 heterocycles. The van der Waals surface area contributed by atoms with Gasteiger partial charge in [0.2, 0.25) is 5.91 Å². The predicted molar refractivity (Wildman–Crippen MR) is 110 cm³/mol. The third-order valence-corrected chi connectivity index (χ3v) is 5.94. The Labute approximate surface area is 171 Å². The Kier molecular flexibility index (Phi) is 5.77. The van der Waals surface area contributed by atoms with E-state index in [4.69, 9.17) is 10.00 Å². The zero-order chi connectivity index (χ0) is 20.2. The van der Waals surface area contributed by atoms with Crippen molar-refractivity contribution in [3.05, 3.63) is 59.8 Å². The Morgan fingerprint density at radius 1 is 1.21 bits per heavy atom. The molecule has 1 aromatic heterocycles. The number of nitriles is 1. The van der Waals surface area contributed by atoms with Crippen LogP contribution >= 0.6 is 0 Å². The van der Waals surface area contributed by atoms with Crippen LogP contribution in [0.4, 0.5) is 5.82 Å². The molecule has 6 heteroatoms. The molecule has 2 saturated heterocycles. The average Bonchev–Trinajstić information content (AvgIpc) is 3.03. The summed E-state index contributed by atoms with van der Waals surface area (Å²) < 4.78 is 5.74. The second-order valence-corrected chi connectivity index (χ2v) is 7.93. The number of carbonyl (C=O) groups excluding carboxylic acids is 1. The van der Waals surface area contributed by atoms with Crippen LogP contribution in [0.25, 0.3) is 0 Å². The number of rotatable bonds is 6. The van der Waals surface area contributed by atoms with Crippen LogP contribution in [0.5, 0.6) is 0 Å². The van der Waals surface area contributed by atoms with Crippen molar-refractivity contribution in [2.45, 2.75) is 37.8 Å². The zero-order valence-corrected chi connectivity index (χ0v) is 16.7. The number of hydrogen-bond donors (Lipinski definition) is 0. The first-order chi connectivity index (χ1) is 14.2. The molecule has 0 saturated carbocycles. The van der Waals surface area contributed by atoms with E-state index in [1.54, 1.807) is 12.3 Å². The van der Waals surface area contributed by atoms with E-state index in [0.717, 1.165) is 18.7 Å². The highest BCUT2D eigenvalue weighted by atomic mass is 16.5. The van der Waals surface area contributed by atoms with Crippen LogP contribution in [0.3, 0.4) is 0 Å². The smallest absolute Gasteiger partial charge is 0.248 e. The van der Waals surface area contributed by atoms with Crippen LogP contribution in [0.2, 0.25) is 0 Å². The van der Waals surface area contributed by atoms with Crippen molar-refractivity contribution >= 4 is 11.7 Å². The average molecular weight is 390 g/mol. The maximum atomic E-state index is 12.7. The largest absolute Gasteiger partial charge is 0.371 e. The van der Waals surface area contributed by atoms with Crippen LogP contribution in [-0.2, 0) is 9.53 Å². The number of pyridine rings is 1. The van der Waals surface area contributed by atoms with Crippen LogP contribution in [0.1, 0.15) is 36.8 Å². The lowest BCUT2D eigenvalue weighted by Gasteiger charge is -2.41. The summed E-state index contributed by atoms with van der Waals surface area (Å²) in [5.41, 5.74) is 1.79. The van der Waals surface area contributed by atoms with Crippen LogP contribution < -0.4 is 4.90 Å². The van der Waals surface area contributed by atoms with Gasteiger partial charge in [0.25, 0.3) is 0 Å². The fraction of sp³-hybridized carbons (Fsp3) is 0.435. The Hall–Kier alpha value is -2.91. The summed E-state index contributed by atoms with van der Waals surface area (Å²) in [6.07, 6.45) is 3.73. The fourth-order valence-electron chi connectivity index (χ4n) is 4.38. The monoisotopic (exact) mass is 390 g/mol. The van der Waals surface area contributed by atoms with Gasteiger partial charge in [0, 0.05) is 37.3 Å². The summed E-state index contributed by atoms with van der Waals surface area (Å²) in [7, 11) is 0. The molecule has 6 nitrogen and oxygen atoms in total. The van der Waals surface area contributed by atoms with Gasteiger partial charge in [-0.15, -0.1) is 0 Å². The normalized spacial score (nSPS) is 21.7. The third-order valence-electron chi connectivity index (χ3n) is 5.94. The van der Waals surface area contributed by atoms with Crippen molar-refractivity contribution in [1.29, 1.82) is 5.26 Å². The van der Waals surface area contributed by atoms with E-state index in [9.17, 15) is 4.79 Å². The van der Waals surface area contributed by atoms with Crippen LogP contribution in [-0.4, -0.2) is 54.2 Å². The molecular weight excluding hydrogens is 364 g/mol. The Morgan fingerprint density at radius 2 is 1.93 bits per heavy atom. The molecule has 0 aliphatic carbocycles. The molecule has 2 aliphatic rings. The van der Waals surface area contributed by atoms with E-state index in [-0.39, 0.29) is 30.5 Å². The van der Waals surface area contributed by atoms with Crippen LogP contribution in [0.15, 0.2) is 48.7 Å². The number of likely N-dealkylation sites (tertiary alicyclic amines) is 1. The number of anilines is 1. The Morgan fingerprint density at radius 3 is 2.55 bits per heavy atom. The van der Waals surface area contributed by atoms with Gasteiger partial charge in [-0.3, -0.25) is 4.79 Å². The number of amides is 1. The highest BCUT2D eigenvalue weighted by molar-refractivity contribution is 5.78. The third kappa shape index (κ3) is 4.25. The molecule has 2 aromatic rings. The molecule has 1 aromatic carbocycles. The number of ether oxygens (including phenoxy) is 1. The number of fused-ring (bicyclic) bond motifs is 2. The molecule has 2 unspecified atom stereocenters. The van der Waals surface area contributed by atoms with E-state index >= 15 is 0 Å². The number of piperazine rings is 1. The maximum absolute atomic E-state index is 12.7. The number of aromatic nitrogens is 1. The number of nitrogens with zero attached hydrogens (tertiary/aromatic N) is 4. The molecule has 0 N–H and O–H groups in total. The molecule has 1 amide bonds. The highest BCUT2D eigenvalue weighted by Gasteiger charge is 2.41. The van der Waals surface area contributed by atoms with Crippen molar-refractivity contribution in [3.8, 4) is 6.07 Å². The second-order valence-electron chi connectivity index (χ2n) is 7.93. The zero-order valence-electron chi connectivity index (χ0n) is 16.7. The first-order valence-electron chi connectivity index (χ1n) is 10.2. The SMILES string of the molecule is C[C@@H](COCC(=O)N1CC2CCC(C1)N2c1ccc(C#N)cn1)c1ccccc1. The van der Waals surface area contributed by atoms with Gasteiger partial charge in [0.05, 0.1) is 12.2 Å². The van der Waals surface area contributed by atoms with Gasteiger partial charge in [-0.1, -0.05) is 37.3 Å². The van der Waals surface area contributed by atoms with Gasteiger partial charge >= 0.3 is 0 Å². The second kappa shape index (κ2) is 8.62. The first-order valence-corrected chi connectivity index (χ1v) is 10.2. The minimum atomic E-state index is 0.0644. The van der Waals surface area contributed by atoms with E-state index in [1.165, 1.54) is 5.56 Å². The van der Waals surface area contributed by atoms with Gasteiger partial charge in [0.15, 0.2) is 0 Å². The lowest BCUT2D eigenvalue weighted by molar-refractivity contribution is -0.137.